The molecule has 0 saturated heterocycles. The minimum absolute atomic E-state index is 0.0376. The summed E-state index contributed by atoms with van der Waals surface area (Å²) < 4.78 is 31.9. The predicted octanol–water partition coefficient (Wildman–Crippen LogP) is 4.51. The normalized spacial score (nSPS) is 13.0. The van der Waals surface area contributed by atoms with Gasteiger partial charge in [0.25, 0.3) is 0 Å². The highest BCUT2D eigenvalue weighted by Crippen LogP contribution is 2.17. The molecule has 118 valence electrons. The van der Waals surface area contributed by atoms with Gasteiger partial charge in [0.15, 0.2) is 5.78 Å². The lowest BCUT2D eigenvalue weighted by Gasteiger charge is -2.20. The quantitative estimate of drug-likeness (QED) is 0.705. The molecule has 1 aromatic rings. The molecular formula is C17H24F2O2. The molecule has 1 aromatic carbocycles. The average molecular weight is 298 g/mol. The smallest absolute Gasteiger partial charge is 0.161 e. The Labute approximate surface area is 125 Å². The van der Waals surface area contributed by atoms with E-state index >= 15 is 0 Å². The van der Waals surface area contributed by atoms with Gasteiger partial charge in [-0.25, -0.2) is 8.78 Å². The Kier molecular flexibility index (Phi) is 6.96. The molecule has 0 fully saturated rings. The van der Waals surface area contributed by atoms with Crippen molar-refractivity contribution < 1.29 is 18.3 Å². The molecule has 1 unspecified atom stereocenters. The van der Waals surface area contributed by atoms with Gasteiger partial charge < -0.3 is 4.74 Å². The van der Waals surface area contributed by atoms with E-state index in [-0.39, 0.29) is 18.3 Å². The number of carbonyl (C=O) groups excluding carboxylic acids is 1. The first-order chi connectivity index (χ1) is 9.77. The molecule has 0 radical (unpaired) electrons. The van der Waals surface area contributed by atoms with Gasteiger partial charge in [0.2, 0.25) is 0 Å². The van der Waals surface area contributed by atoms with Gasteiger partial charge in [-0.15, -0.1) is 0 Å². The van der Waals surface area contributed by atoms with Crippen LogP contribution < -0.4 is 0 Å². The fourth-order valence-corrected chi connectivity index (χ4v) is 2.15. The number of halogens is 2. The number of hydrogen-bond donors (Lipinski definition) is 0. The van der Waals surface area contributed by atoms with E-state index in [9.17, 15) is 13.6 Å². The van der Waals surface area contributed by atoms with E-state index < -0.39 is 17.7 Å². The average Bonchev–Trinajstić information content (AvgIpc) is 2.31. The zero-order chi connectivity index (χ0) is 16.0. The Morgan fingerprint density at radius 3 is 2.10 bits per heavy atom. The van der Waals surface area contributed by atoms with Crippen LogP contribution in [-0.4, -0.2) is 11.9 Å². The van der Waals surface area contributed by atoms with Gasteiger partial charge >= 0.3 is 0 Å². The summed E-state index contributed by atoms with van der Waals surface area (Å²) in [5.41, 5.74) is 0.401. The second-order valence-electron chi connectivity index (χ2n) is 6.27. The van der Waals surface area contributed by atoms with E-state index in [0.717, 1.165) is 6.07 Å². The number of Topliss-reactive ketones (excluding diaryl/α,β-unsaturated/α-hetero) is 1. The van der Waals surface area contributed by atoms with Gasteiger partial charge in [-0.3, -0.25) is 4.79 Å². The summed E-state index contributed by atoms with van der Waals surface area (Å²) in [5, 5.41) is 0. The highest BCUT2D eigenvalue weighted by Gasteiger charge is 2.21. The maximum absolute atomic E-state index is 13.1. The van der Waals surface area contributed by atoms with Crippen LogP contribution in [0.4, 0.5) is 8.78 Å². The monoisotopic (exact) mass is 298 g/mol. The second-order valence-corrected chi connectivity index (χ2v) is 6.27. The van der Waals surface area contributed by atoms with Crippen LogP contribution in [0, 0.1) is 23.5 Å². The van der Waals surface area contributed by atoms with Gasteiger partial charge in [0.05, 0.1) is 6.61 Å². The van der Waals surface area contributed by atoms with E-state index in [2.05, 4.69) is 0 Å². The van der Waals surface area contributed by atoms with Gasteiger partial charge in [0.1, 0.15) is 17.7 Å². The van der Waals surface area contributed by atoms with Crippen molar-refractivity contribution in [3.8, 4) is 0 Å². The lowest BCUT2D eigenvalue weighted by atomic mass is 9.97. The Morgan fingerprint density at radius 2 is 1.62 bits per heavy atom. The molecule has 0 aromatic heterocycles. The Balaban J connectivity index is 2.70. The summed E-state index contributed by atoms with van der Waals surface area (Å²) in [4.78, 5) is 12.2. The van der Waals surface area contributed by atoms with Crippen molar-refractivity contribution in [1.82, 2.24) is 0 Å². The van der Waals surface area contributed by atoms with Gasteiger partial charge in [-0.05, 0) is 36.0 Å². The van der Waals surface area contributed by atoms with E-state index in [1.54, 1.807) is 0 Å². The van der Waals surface area contributed by atoms with Gasteiger partial charge in [-0.2, -0.15) is 0 Å². The van der Waals surface area contributed by atoms with Crippen molar-refractivity contribution in [2.45, 2.75) is 53.2 Å². The minimum Gasteiger partial charge on any atom is -0.366 e. The molecule has 0 aliphatic rings. The van der Waals surface area contributed by atoms with Crippen LogP contribution in [0.3, 0.4) is 0 Å². The largest absolute Gasteiger partial charge is 0.366 e. The third-order valence-corrected chi connectivity index (χ3v) is 3.03. The van der Waals surface area contributed by atoms with E-state index in [0.29, 0.717) is 24.3 Å². The number of hydrogen-bond acceptors (Lipinski definition) is 2. The number of rotatable bonds is 8. The Hall–Kier alpha value is -1.29. The lowest BCUT2D eigenvalue weighted by molar-refractivity contribution is -0.133. The van der Waals surface area contributed by atoms with Gasteiger partial charge in [-0.1, -0.05) is 27.7 Å². The van der Waals surface area contributed by atoms with E-state index in [1.165, 1.54) is 12.1 Å². The van der Waals surface area contributed by atoms with Crippen LogP contribution in [0.2, 0.25) is 0 Å². The minimum atomic E-state index is -0.637. The van der Waals surface area contributed by atoms with Crippen molar-refractivity contribution in [2.75, 3.05) is 0 Å². The maximum Gasteiger partial charge on any atom is 0.161 e. The first kappa shape index (κ1) is 17.8. The molecule has 1 rings (SSSR count). The molecule has 0 saturated carbocycles. The summed E-state index contributed by atoms with van der Waals surface area (Å²) in [5.74, 6) is -0.640. The van der Waals surface area contributed by atoms with E-state index in [4.69, 9.17) is 4.74 Å². The van der Waals surface area contributed by atoms with Crippen LogP contribution in [-0.2, 0) is 16.1 Å². The van der Waals surface area contributed by atoms with Crippen LogP contribution >= 0.6 is 0 Å². The summed E-state index contributed by atoms with van der Waals surface area (Å²) in [7, 11) is 0. The molecular weight excluding hydrogens is 274 g/mol. The van der Waals surface area contributed by atoms with Gasteiger partial charge in [0, 0.05) is 12.5 Å². The van der Waals surface area contributed by atoms with Crippen LogP contribution in [0.25, 0.3) is 0 Å². The molecule has 0 bridgehead atoms. The Morgan fingerprint density at radius 1 is 1.05 bits per heavy atom. The summed E-state index contributed by atoms with van der Waals surface area (Å²) in [6, 6.07) is 3.27. The standard InChI is InChI=1S/C17H24F2O2/c1-11(2)5-16(20)17(6-12(3)4)21-10-13-7-14(18)9-15(19)8-13/h7-9,11-12,17H,5-6,10H2,1-4H3. The first-order valence-electron chi connectivity index (χ1n) is 7.37. The molecule has 0 amide bonds. The third kappa shape index (κ3) is 6.80. The highest BCUT2D eigenvalue weighted by atomic mass is 19.1. The van der Waals surface area contributed by atoms with Crippen LogP contribution in [0.5, 0.6) is 0 Å². The summed E-state index contributed by atoms with van der Waals surface area (Å²) in [6.07, 6.45) is 0.553. The molecule has 0 spiro atoms. The number of benzene rings is 1. The van der Waals surface area contributed by atoms with Crippen LogP contribution in [0.15, 0.2) is 18.2 Å². The van der Waals surface area contributed by atoms with Crippen molar-refractivity contribution in [1.29, 1.82) is 0 Å². The summed E-state index contributed by atoms with van der Waals surface area (Å²) >= 11 is 0. The predicted molar refractivity (Wildman–Crippen MR) is 78.9 cm³/mol. The van der Waals surface area contributed by atoms with Crippen molar-refractivity contribution in [3.05, 3.63) is 35.4 Å². The molecule has 0 N–H and O–H groups in total. The Bertz CT molecular complexity index is 450. The molecule has 0 heterocycles. The first-order valence-corrected chi connectivity index (χ1v) is 7.37. The SMILES string of the molecule is CC(C)CC(=O)C(CC(C)C)OCc1cc(F)cc(F)c1. The number of carbonyl (C=O) groups is 1. The molecule has 2 nitrogen and oxygen atoms in total. The third-order valence-electron chi connectivity index (χ3n) is 3.03. The summed E-state index contributed by atoms with van der Waals surface area (Å²) in [6.45, 7) is 8.02. The maximum atomic E-state index is 13.1. The fourth-order valence-electron chi connectivity index (χ4n) is 2.15. The molecule has 1 atom stereocenters. The highest BCUT2D eigenvalue weighted by molar-refractivity contribution is 5.83. The second kappa shape index (κ2) is 8.23. The molecule has 0 aliphatic heterocycles. The van der Waals surface area contributed by atoms with E-state index in [1.807, 2.05) is 27.7 Å². The molecule has 21 heavy (non-hydrogen) atoms. The van der Waals surface area contributed by atoms with Crippen LogP contribution in [0.1, 0.15) is 46.1 Å². The van der Waals surface area contributed by atoms with Crippen molar-refractivity contribution in [2.24, 2.45) is 11.8 Å². The topological polar surface area (TPSA) is 26.3 Å². The molecule has 4 heteroatoms. The number of ketones is 1. The molecule has 0 aliphatic carbocycles. The van der Waals surface area contributed by atoms with Crippen molar-refractivity contribution in [3.63, 3.8) is 0 Å². The zero-order valence-corrected chi connectivity index (χ0v) is 13.2. The lowest BCUT2D eigenvalue weighted by Crippen LogP contribution is -2.27. The zero-order valence-electron chi connectivity index (χ0n) is 13.2. The van der Waals surface area contributed by atoms with Crippen molar-refractivity contribution >= 4 is 5.78 Å². The fraction of sp³-hybridized carbons (Fsp3) is 0.588. The number of ether oxygens (including phenoxy) is 1.